The second-order valence-corrected chi connectivity index (χ2v) is 4.79. The van der Waals surface area contributed by atoms with E-state index in [2.05, 4.69) is 23.6 Å². The van der Waals surface area contributed by atoms with E-state index in [1.165, 1.54) is 51.9 Å². The van der Waals surface area contributed by atoms with Crippen LogP contribution in [0.25, 0.3) is 0 Å². The molecule has 2 fully saturated rings. The van der Waals surface area contributed by atoms with Gasteiger partial charge in [0.25, 0.3) is 0 Å². The van der Waals surface area contributed by atoms with E-state index in [1.807, 2.05) is 0 Å². The monoisotopic (exact) mass is 196 g/mol. The van der Waals surface area contributed by atoms with Crippen LogP contribution in [0.3, 0.4) is 0 Å². The minimum atomic E-state index is 0.828. The lowest BCUT2D eigenvalue weighted by molar-refractivity contribution is 0.0105. The summed E-state index contributed by atoms with van der Waals surface area (Å²) in [6.07, 6.45) is 5.64. The molecule has 2 saturated heterocycles. The van der Waals surface area contributed by atoms with Crippen molar-refractivity contribution in [2.75, 3.05) is 26.2 Å². The second kappa shape index (κ2) is 4.63. The average Bonchev–Trinajstić information content (AvgIpc) is 2.27. The van der Waals surface area contributed by atoms with Crippen LogP contribution in [0.5, 0.6) is 0 Å². The Bertz CT molecular complexity index is 157. The van der Waals surface area contributed by atoms with E-state index in [1.54, 1.807) is 0 Å². The van der Waals surface area contributed by atoms with Crippen LogP contribution in [0.4, 0.5) is 0 Å². The Morgan fingerprint density at radius 2 is 2.00 bits per heavy atom. The van der Waals surface area contributed by atoms with Crippen LogP contribution in [0, 0.1) is 0 Å². The minimum absolute atomic E-state index is 0.828. The summed E-state index contributed by atoms with van der Waals surface area (Å²) < 4.78 is 0. The van der Waals surface area contributed by atoms with Crippen LogP contribution in [-0.4, -0.2) is 48.1 Å². The molecule has 2 rings (SSSR count). The predicted octanol–water partition coefficient (Wildman–Crippen LogP) is 1.96. The summed E-state index contributed by atoms with van der Waals surface area (Å²) in [5.41, 5.74) is 0. The molecule has 0 amide bonds. The zero-order valence-corrected chi connectivity index (χ0v) is 9.71. The van der Waals surface area contributed by atoms with Gasteiger partial charge in [-0.1, -0.05) is 20.3 Å². The number of hydrogen-bond acceptors (Lipinski definition) is 2. The van der Waals surface area contributed by atoms with Gasteiger partial charge in [0.1, 0.15) is 0 Å². The van der Waals surface area contributed by atoms with Gasteiger partial charge in [0, 0.05) is 25.2 Å². The molecule has 2 unspecified atom stereocenters. The summed E-state index contributed by atoms with van der Waals surface area (Å²) in [5, 5.41) is 0. The van der Waals surface area contributed by atoms with Gasteiger partial charge in [-0.3, -0.25) is 9.80 Å². The van der Waals surface area contributed by atoms with Crippen LogP contribution in [0.1, 0.15) is 39.5 Å². The maximum absolute atomic E-state index is 2.74. The average molecular weight is 196 g/mol. The van der Waals surface area contributed by atoms with Gasteiger partial charge in [-0.05, 0) is 32.4 Å². The number of fused-ring (bicyclic) bond motifs is 1. The van der Waals surface area contributed by atoms with Crippen molar-refractivity contribution < 1.29 is 0 Å². The highest BCUT2D eigenvalue weighted by Crippen LogP contribution is 2.24. The number of piperazine rings is 1. The summed E-state index contributed by atoms with van der Waals surface area (Å²) in [4.78, 5) is 5.43. The van der Waals surface area contributed by atoms with Crippen molar-refractivity contribution in [1.82, 2.24) is 9.80 Å². The van der Waals surface area contributed by atoms with Gasteiger partial charge in [0.2, 0.25) is 0 Å². The lowest BCUT2D eigenvalue weighted by Crippen LogP contribution is -2.59. The topological polar surface area (TPSA) is 6.48 Å². The molecule has 2 heterocycles. The van der Waals surface area contributed by atoms with Crippen molar-refractivity contribution in [3.63, 3.8) is 0 Å². The Labute approximate surface area is 88.3 Å². The molecule has 0 spiro atoms. The maximum atomic E-state index is 2.74. The van der Waals surface area contributed by atoms with E-state index in [0.29, 0.717) is 0 Å². The van der Waals surface area contributed by atoms with E-state index < -0.39 is 0 Å². The van der Waals surface area contributed by atoms with Gasteiger partial charge < -0.3 is 0 Å². The first kappa shape index (κ1) is 10.4. The van der Waals surface area contributed by atoms with Crippen LogP contribution in [-0.2, 0) is 0 Å². The number of nitrogens with zero attached hydrogens (tertiary/aromatic N) is 2. The zero-order valence-electron chi connectivity index (χ0n) is 9.71. The second-order valence-electron chi connectivity index (χ2n) is 4.79. The molecule has 0 saturated carbocycles. The summed E-state index contributed by atoms with van der Waals surface area (Å²) in [5.74, 6) is 0. The number of piperidine rings is 1. The first-order valence-electron chi connectivity index (χ1n) is 6.33. The summed E-state index contributed by atoms with van der Waals surface area (Å²) in [7, 11) is 0. The Morgan fingerprint density at radius 3 is 2.71 bits per heavy atom. The number of likely N-dealkylation sites (N-methyl/N-ethyl adjacent to an activating group) is 1. The van der Waals surface area contributed by atoms with Crippen LogP contribution < -0.4 is 0 Å². The Morgan fingerprint density at radius 1 is 1.14 bits per heavy atom. The molecule has 0 aliphatic carbocycles. The minimum Gasteiger partial charge on any atom is -0.298 e. The molecule has 0 aromatic heterocycles. The van der Waals surface area contributed by atoms with Crippen molar-refractivity contribution in [1.29, 1.82) is 0 Å². The highest BCUT2D eigenvalue weighted by molar-refractivity contribution is 4.89. The zero-order chi connectivity index (χ0) is 9.97. The standard InChI is InChI=1S/C12H24N2/c1-3-11-9-14-8-6-5-7-12(14)10-13(11)4-2/h11-12H,3-10H2,1-2H3. The summed E-state index contributed by atoms with van der Waals surface area (Å²) >= 11 is 0. The Kier molecular flexibility index (Phi) is 3.45. The molecule has 0 aromatic carbocycles. The van der Waals surface area contributed by atoms with E-state index in [-0.39, 0.29) is 0 Å². The molecule has 0 N–H and O–H groups in total. The molecule has 82 valence electrons. The third kappa shape index (κ3) is 1.96. The fraction of sp³-hybridized carbons (Fsp3) is 1.00. The molecular weight excluding hydrogens is 172 g/mol. The Balaban J connectivity index is 1.98. The van der Waals surface area contributed by atoms with Gasteiger partial charge in [0.05, 0.1) is 0 Å². The molecule has 0 radical (unpaired) electrons. The van der Waals surface area contributed by atoms with E-state index in [0.717, 1.165) is 12.1 Å². The van der Waals surface area contributed by atoms with Crippen LogP contribution >= 0.6 is 0 Å². The first-order valence-corrected chi connectivity index (χ1v) is 6.33. The smallest absolute Gasteiger partial charge is 0.0223 e. The summed E-state index contributed by atoms with van der Waals surface area (Å²) in [6.45, 7) is 9.89. The highest BCUT2D eigenvalue weighted by atomic mass is 15.3. The van der Waals surface area contributed by atoms with Crippen LogP contribution in [0.2, 0.25) is 0 Å². The summed E-state index contributed by atoms with van der Waals surface area (Å²) in [6, 6.07) is 1.71. The van der Waals surface area contributed by atoms with Crippen molar-refractivity contribution in [3.8, 4) is 0 Å². The normalized spacial score (nSPS) is 35.6. The molecule has 2 atom stereocenters. The molecular formula is C12H24N2. The number of rotatable bonds is 2. The van der Waals surface area contributed by atoms with E-state index in [4.69, 9.17) is 0 Å². The Hall–Kier alpha value is -0.0800. The highest BCUT2D eigenvalue weighted by Gasteiger charge is 2.32. The van der Waals surface area contributed by atoms with Crippen molar-refractivity contribution in [3.05, 3.63) is 0 Å². The van der Waals surface area contributed by atoms with Crippen molar-refractivity contribution >= 4 is 0 Å². The van der Waals surface area contributed by atoms with Crippen molar-refractivity contribution in [2.24, 2.45) is 0 Å². The first-order chi connectivity index (χ1) is 6.85. The van der Waals surface area contributed by atoms with Gasteiger partial charge >= 0.3 is 0 Å². The third-order valence-electron chi connectivity index (χ3n) is 4.03. The van der Waals surface area contributed by atoms with Crippen molar-refractivity contribution in [2.45, 2.75) is 51.6 Å². The maximum Gasteiger partial charge on any atom is 0.0223 e. The van der Waals surface area contributed by atoms with Gasteiger partial charge in [-0.25, -0.2) is 0 Å². The molecule has 0 aromatic rings. The molecule has 2 heteroatoms. The van der Waals surface area contributed by atoms with Crippen LogP contribution in [0.15, 0.2) is 0 Å². The van der Waals surface area contributed by atoms with Gasteiger partial charge in [-0.2, -0.15) is 0 Å². The van der Waals surface area contributed by atoms with Gasteiger partial charge in [0.15, 0.2) is 0 Å². The number of hydrogen-bond donors (Lipinski definition) is 0. The molecule has 2 aliphatic rings. The molecule has 0 bridgehead atoms. The lowest BCUT2D eigenvalue weighted by Gasteiger charge is -2.48. The lowest BCUT2D eigenvalue weighted by atomic mass is 9.96. The fourth-order valence-electron chi connectivity index (χ4n) is 3.09. The van der Waals surface area contributed by atoms with E-state index >= 15 is 0 Å². The SMILES string of the molecule is CCC1CN2CCCCC2CN1CC. The quantitative estimate of drug-likeness (QED) is 0.666. The van der Waals surface area contributed by atoms with Gasteiger partial charge in [-0.15, -0.1) is 0 Å². The molecule has 2 aliphatic heterocycles. The predicted molar refractivity (Wildman–Crippen MR) is 60.5 cm³/mol. The largest absolute Gasteiger partial charge is 0.298 e. The molecule has 2 nitrogen and oxygen atoms in total. The third-order valence-corrected chi connectivity index (χ3v) is 4.03. The fourth-order valence-corrected chi connectivity index (χ4v) is 3.09. The van der Waals surface area contributed by atoms with E-state index in [9.17, 15) is 0 Å². The molecule has 14 heavy (non-hydrogen) atoms.